The quantitative estimate of drug-likeness (QED) is 0.459. The third kappa shape index (κ3) is 4.55. The molecular weight excluding hydrogens is 401 g/mol. The van der Waals surface area contributed by atoms with Crippen molar-refractivity contribution in [2.45, 2.75) is 16.9 Å². The summed E-state index contributed by atoms with van der Waals surface area (Å²) in [7, 11) is 0. The largest absolute Gasteiger partial charge is 0.338 e. The number of aryl methyl sites for hydroxylation is 1. The summed E-state index contributed by atoms with van der Waals surface area (Å²) in [6.07, 6.45) is -0.939. The number of nitrogens with zero attached hydrogens (tertiary/aromatic N) is 1. The van der Waals surface area contributed by atoms with E-state index in [-0.39, 0.29) is 5.91 Å². The van der Waals surface area contributed by atoms with Crippen LogP contribution < -0.4 is 10.6 Å². The van der Waals surface area contributed by atoms with Gasteiger partial charge in [-0.2, -0.15) is 0 Å². The van der Waals surface area contributed by atoms with Gasteiger partial charge in [0.15, 0.2) is 5.13 Å². The topological polar surface area (TPSA) is 54.0 Å². The standard InChI is InChI=1S/C17H14Cl3N3OS/c1-10-5-4-6-11(9-10)14(24)22-15(17(18,19)20)23-16-21-12-7-2-3-8-13(12)25-16/h2-9,15H,1H3,(H,21,23)(H,22,24). The fourth-order valence-corrected chi connectivity index (χ4v) is 3.48. The molecule has 3 aromatic rings. The molecule has 3 rings (SSSR count). The Bertz CT molecular complexity index is 874. The summed E-state index contributed by atoms with van der Waals surface area (Å²) in [5, 5.41) is 6.27. The maximum Gasteiger partial charge on any atom is 0.252 e. The van der Waals surface area contributed by atoms with Gasteiger partial charge in [-0.3, -0.25) is 4.79 Å². The highest BCUT2D eigenvalue weighted by molar-refractivity contribution is 7.22. The number of nitrogens with one attached hydrogen (secondary N) is 2. The van der Waals surface area contributed by atoms with Crippen molar-refractivity contribution in [3.63, 3.8) is 0 Å². The first kappa shape index (κ1) is 18.3. The van der Waals surface area contributed by atoms with E-state index in [9.17, 15) is 4.79 Å². The summed E-state index contributed by atoms with van der Waals surface area (Å²) in [5.74, 6) is -0.339. The van der Waals surface area contributed by atoms with Crippen LogP contribution in [0.4, 0.5) is 5.13 Å². The van der Waals surface area contributed by atoms with Crippen molar-refractivity contribution in [1.82, 2.24) is 10.3 Å². The fourth-order valence-electron chi connectivity index (χ4n) is 2.26. The van der Waals surface area contributed by atoms with Crippen LogP contribution in [0.2, 0.25) is 0 Å². The number of hydrogen-bond donors (Lipinski definition) is 2. The molecule has 0 saturated carbocycles. The average Bonchev–Trinajstić information content (AvgIpc) is 2.95. The van der Waals surface area contributed by atoms with E-state index >= 15 is 0 Å². The monoisotopic (exact) mass is 413 g/mol. The number of para-hydroxylation sites is 1. The number of rotatable bonds is 4. The van der Waals surface area contributed by atoms with E-state index in [1.165, 1.54) is 11.3 Å². The van der Waals surface area contributed by atoms with Crippen molar-refractivity contribution in [3.05, 3.63) is 59.7 Å². The Morgan fingerprint density at radius 3 is 2.60 bits per heavy atom. The second-order valence-corrected chi connectivity index (χ2v) is 8.85. The molecule has 130 valence electrons. The molecule has 1 heterocycles. The average molecular weight is 415 g/mol. The van der Waals surface area contributed by atoms with Crippen molar-refractivity contribution in [3.8, 4) is 0 Å². The molecule has 1 atom stereocenters. The molecule has 0 bridgehead atoms. The summed E-state index contributed by atoms with van der Waals surface area (Å²) in [5.41, 5.74) is 2.30. The van der Waals surface area contributed by atoms with E-state index in [2.05, 4.69) is 15.6 Å². The minimum atomic E-state index is -1.75. The maximum absolute atomic E-state index is 12.5. The molecule has 0 fully saturated rings. The normalized spacial score (nSPS) is 12.8. The highest BCUT2D eigenvalue weighted by Crippen LogP contribution is 2.33. The fraction of sp³-hybridized carbons (Fsp3) is 0.176. The number of halogens is 3. The molecule has 0 aliphatic heterocycles. The van der Waals surface area contributed by atoms with Crippen LogP contribution in [0, 0.1) is 6.92 Å². The summed E-state index contributed by atoms with van der Waals surface area (Å²) in [4.78, 5) is 16.9. The Morgan fingerprint density at radius 1 is 1.16 bits per heavy atom. The number of carbonyl (C=O) groups is 1. The van der Waals surface area contributed by atoms with E-state index < -0.39 is 9.96 Å². The van der Waals surface area contributed by atoms with Crippen LogP contribution in [0.25, 0.3) is 10.2 Å². The minimum Gasteiger partial charge on any atom is -0.338 e. The Hall–Kier alpha value is -1.53. The van der Waals surface area contributed by atoms with Crippen LogP contribution >= 0.6 is 46.1 Å². The number of hydrogen-bond acceptors (Lipinski definition) is 4. The lowest BCUT2D eigenvalue weighted by molar-refractivity contribution is 0.0942. The number of benzene rings is 2. The smallest absolute Gasteiger partial charge is 0.252 e. The lowest BCUT2D eigenvalue weighted by Gasteiger charge is -2.26. The first-order chi connectivity index (χ1) is 11.8. The van der Waals surface area contributed by atoms with Crippen LogP contribution in [0.3, 0.4) is 0 Å². The Labute approximate surface area is 164 Å². The second kappa shape index (κ2) is 7.38. The third-order valence-corrected chi connectivity index (χ3v) is 5.07. The van der Waals surface area contributed by atoms with Gasteiger partial charge < -0.3 is 10.6 Å². The van der Waals surface area contributed by atoms with Crippen LogP contribution in [0.15, 0.2) is 48.5 Å². The van der Waals surface area contributed by atoms with Gasteiger partial charge in [-0.1, -0.05) is 76.0 Å². The van der Waals surface area contributed by atoms with Gasteiger partial charge >= 0.3 is 0 Å². The van der Waals surface area contributed by atoms with Gasteiger partial charge in [0.2, 0.25) is 3.79 Å². The Morgan fingerprint density at radius 2 is 1.92 bits per heavy atom. The highest BCUT2D eigenvalue weighted by atomic mass is 35.6. The van der Waals surface area contributed by atoms with E-state index in [1.807, 2.05) is 37.3 Å². The number of carbonyl (C=O) groups excluding carboxylic acids is 1. The van der Waals surface area contributed by atoms with Crippen molar-refractivity contribution >= 4 is 67.4 Å². The molecule has 8 heteroatoms. The predicted octanol–water partition coefficient (Wildman–Crippen LogP) is 5.14. The number of alkyl halides is 3. The number of amides is 1. The van der Waals surface area contributed by atoms with E-state index in [1.54, 1.807) is 18.2 Å². The van der Waals surface area contributed by atoms with Gasteiger partial charge in [0.05, 0.1) is 10.2 Å². The molecule has 0 spiro atoms. The molecule has 2 aromatic carbocycles. The lowest BCUT2D eigenvalue weighted by atomic mass is 10.1. The third-order valence-electron chi connectivity index (χ3n) is 3.44. The first-order valence-electron chi connectivity index (χ1n) is 7.39. The highest BCUT2D eigenvalue weighted by Gasteiger charge is 2.35. The van der Waals surface area contributed by atoms with Gasteiger partial charge in [0, 0.05) is 5.56 Å². The second-order valence-electron chi connectivity index (χ2n) is 5.45. The molecule has 1 aromatic heterocycles. The SMILES string of the molecule is Cc1cccc(C(=O)NC(Nc2nc3ccccc3s2)C(Cl)(Cl)Cl)c1. The zero-order valence-corrected chi connectivity index (χ0v) is 16.2. The first-order valence-corrected chi connectivity index (χ1v) is 9.34. The van der Waals surface area contributed by atoms with E-state index in [0.717, 1.165) is 15.8 Å². The van der Waals surface area contributed by atoms with Gasteiger partial charge in [-0.05, 0) is 31.2 Å². The van der Waals surface area contributed by atoms with Crippen molar-refractivity contribution in [1.29, 1.82) is 0 Å². The summed E-state index contributed by atoms with van der Waals surface area (Å²) < 4.78 is -0.754. The number of thiazole rings is 1. The van der Waals surface area contributed by atoms with Crippen LogP contribution in [-0.4, -0.2) is 20.8 Å². The number of anilines is 1. The molecule has 0 radical (unpaired) electrons. The Kier molecular flexibility index (Phi) is 5.39. The molecule has 0 aliphatic rings. The molecular formula is C17H14Cl3N3OS. The maximum atomic E-state index is 12.5. The van der Waals surface area contributed by atoms with Gasteiger partial charge in [0.25, 0.3) is 5.91 Å². The van der Waals surface area contributed by atoms with E-state index in [0.29, 0.717) is 10.7 Å². The zero-order chi connectivity index (χ0) is 18.0. The summed E-state index contributed by atoms with van der Waals surface area (Å²) >= 11 is 19.5. The molecule has 1 unspecified atom stereocenters. The summed E-state index contributed by atoms with van der Waals surface area (Å²) in [6, 6.07) is 14.9. The molecule has 2 N–H and O–H groups in total. The van der Waals surface area contributed by atoms with Crippen LogP contribution in [-0.2, 0) is 0 Å². The van der Waals surface area contributed by atoms with E-state index in [4.69, 9.17) is 34.8 Å². The Balaban J connectivity index is 1.81. The predicted molar refractivity (Wildman–Crippen MR) is 106 cm³/mol. The van der Waals surface area contributed by atoms with Crippen molar-refractivity contribution < 1.29 is 4.79 Å². The number of aromatic nitrogens is 1. The lowest BCUT2D eigenvalue weighted by Crippen LogP contribution is -2.49. The van der Waals surface area contributed by atoms with Gasteiger partial charge in [-0.25, -0.2) is 4.98 Å². The number of fused-ring (bicyclic) bond motifs is 1. The summed E-state index contributed by atoms with van der Waals surface area (Å²) in [6.45, 7) is 1.91. The molecule has 25 heavy (non-hydrogen) atoms. The van der Waals surface area contributed by atoms with Gasteiger partial charge in [-0.15, -0.1) is 0 Å². The minimum absolute atomic E-state index is 0.339. The zero-order valence-electron chi connectivity index (χ0n) is 13.1. The van der Waals surface area contributed by atoms with Crippen LogP contribution in [0.1, 0.15) is 15.9 Å². The van der Waals surface area contributed by atoms with Crippen molar-refractivity contribution in [2.75, 3.05) is 5.32 Å². The van der Waals surface area contributed by atoms with Crippen LogP contribution in [0.5, 0.6) is 0 Å². The molecule has 0 saturated heterocycles. The molecule has 1 amide bonds. The molecule has 4 nitrogen and oxygen atoms in total. The van der Waals surface area contributed by atoms with Gasteiger partial charge in [0.1, 0.15) is 6.17 Å². The van der Waals surface area contributed by atoms with Crippen molar-refractivity contribution in [2.24, 2.45) is 0 Å². The molecule has 0 aliphatic carbocycles.